The number of anilines is 2. The first-order valence-electron chi connectivity index (χ1n) is 4.87. The van der Waals surface area contributed by atoms with E-state index in [0.717, 1.165) is 0 Å². The van der Waals surface area contributed by atoms with Crippen molar-refractivity contribution in [1.82, 2.24) is 9.78 Å². The molecule has 0 aliphatic carbocycles. The lowest BCUT2D eigenvalue weighted by atomic mass is 10.2. The van der Waals surface area contributed by atoms with Crippen LogP contribution in [-0.4, -0.2) is 15.7 Å². The number of nitrogens with zero attached hydrogens (tertiary/aromatic N) is 2. The Morgan fingerprint density at radius 1 is 1.38 bits per heavy atom. The zero-order valence-electron chi connectivity index (χ0n) is 8.63. The van der Waals surface area contributed by atoms with Gasteiger partial charge in [-0.05, 0) is 18.2 Å². The standard InChI is InChI=1S/C11H12N4O/c12-9-4-1-2-5-10(9)14-11(16)8-15-7-3-6-13-15/h1-7H,8,12H2,(H,14,16). The fourth-order valence-corrected chi connectivity index (χ4v) is 1.34. The third-order valence-corrected chi connectivity index (χ3v) is 2.10. The van der Waals surface area contributed by atoms with Gasteiger partial charge < -0.3 is 11.1 Å². The summed E-state index contributed by atoms with van der Waals surface area (Å²) in [5.74, 6) is -0.151. The van der Waals surface area contributed by atoms with Crippen LogP contribution >= 0.6 is 0 Å². The molecule has 0 fully saturated rings. The second-order valence-electron chi connectivity index (χ2n) is 3.34. The third-order valence-electron chi connectivity index (χ3n) is 2.10. The Labute approximate surface area is 92.9 Å². The quantitative estimate of drug-likeness (QED) is 0.755. The lowest BCUT2D eigenvalue weighted by Gasteiger charge is -2.07. The summed E-state index contributed by atoms with van der Waals surface area (Å²) in [7, 11) is 0. The molecule has 0 aliphatic heterocycles. The molecule has 0 saturated heterocycles. The maximum absolute atomic E-state index is 11.6. The van der Waals surface area contributed by atoms with Gasteiger partial charge in [0.2, 0.25) is 5.91 Å². The molecule has 5 nitrogen and oxygen atoms in total. The van der Waals surface area contributed by atoms with Crippen molar-refractivity contribution in [3.63, 3.8) is 0 Å². The van der Waals surface area contributed by atoms with E-state index >= 15 is 0 Å². The van der Waals surface area contributed by atoms with Gasteiger partial charge in [-0.3, -0.25) is 9.48 Å². The predicted molar refractivity (Wildman–Crippen MR) is 61.7 cm³/mol. The van der Waals surface area contributed by atoms with Gasteiger partial charge in [0.05, 0.1) is 11.4 Å². The summed E-state index contributed by atoms with van der Waals surface area (Å²) in [6, 6.07) is 8.91. The van der Waals surface area contributed by atoms with Crippen LogP contribution in [0.25, 0.3) is 0 Å². The van der Waals surface area contributed by atoms with Crippen molar-refractivity contribution < 1.29 is 4.79 Å². The molecule has 0 unspecified atom stereocenters. The largest absolute Gasteiger partial charge is 0.397 e. The average Bonchev–Trinajstić information content (AvgIpc) is 2.74. The van der Waals surface area contributed by atoms with Crippen LogP contribution < -0.4 is 11.1 Å². The summed E-state index contributed by atoms with van der Waals surface area (Å²) in [5, 5.41) is 6.67. The fraction of sp³-hybridized carbons (Fsp3) is 0.0909. The minimum atomic E-state index is -0.151. The summed E-state index contributed by atoms with van der Waals surface area (Å²) >= 11 is 0. The number of carbonyl (C=O) groups is 1. The van der Waals surface area contributed by atoms with Gasteiger partial charge in [0.1, 0.15) is 6.54 Å². The van der Waals surface area contributed by atoms with E-state index in [9.17, 15) is 4.79 Å². The van der Waals surface area contributed by atoms with Crippen molar-refractivity contribution in [2.75, 3.05) is 11.1 Å². The number of rotatable bonds is 3. The lowest BCUT2D eigenvalue weighted by molar-refractivity contribution is -0.116. The average molecular weight is 216 g/mol. The van der Waals surface area contributed by atoms with E-state index in [1.807, 2.05) is 12.1 Å². The van der Waals surface area contributed by atoms with Crippen molar-refractivity contribution in [3.8, 4) is 0 Å². The SMILES string of the molecule is Nc1ccccc1NC(=O)Cn1cccn1. The summed E-state index contributed by atoms with van der Waals surface area (Å²) in [6.07, 6.45) is 3.36. The van der Waals surface area contributed by atoms with Crippen LogP contribution in [0.3, 0.4) is 0 Å². The molecule has 1 amide bonds. The van der Waals surface area contributed by atoms with Gasteiger partial charge in [-0.15, -0.1) is 0 Å². The van der Waals surface area contributed by atoms with Crippen molar-refractivity contribution in [2.45, 2.75) is 6.54 Å². The lowest BCUT2D eigenvalue weighted by Crippen LogP contribution is -2.19. The van der Waals surface area contributed by atoms with E-state index in [-0.39, 0.29) is 12.5 Å². The van der Waals surface area contributed by atoms with Crippen LogP contribution in [-0.2, 0) is 11.3 Å². The van der Waals surface area contributed by atoms with Crippen LogP contribution in [0, 0.1) is 0 Å². The van der Waals surface area contributed by atoms with E-state index in [1.54, 1.807) is 35.3 Å². The molecule has 3 N–H and O–H groups in total. The van der Waals surface area contributed by atoms with Gasteiger partial charge in [0, 0.05) is 12.4 Å². The number of nitrogen functional groups attached to an aromatic ring is 1. The topological polar surface area (TPSA) is 72.9 Å². The first kappa shape index (κ1) is 10.2. The highest BCUT2D eigenvalue weighted by Crippen LogP contribution is 2.16. The van der Waals surface area contributed by atoms with Gasteiger partial charge in [-0.2, -0.15) is 5.10 Å². The molecule has 0 saturated carbocycles. The maximum Gasteiger partial charge on any atom is 0.246 e. The van der Waals surface area contributed by atoms with Gasteiger partial charge in [-0.1, -0.05) is 12.1 Å². The molecule has 1 aromatic carbocycles. The summed E-state index contributed by atoms with van der Waals surface area (Å²) in [5.41, 5.74) is 6.88. The first-order chi connectivity index (χ1) is 7.75. The van der Waals surface area contributed by atoms with E-state index in [1.165, 1.54) is 0 Å². The molecule has 2 aromatic rings. The Morgan fingerprint density at radius 2 is 2.19 bits per heavy atom. The van der Waals surface area contributed by atoms with Crippen LogP contribution in [0.5, 0.6) is 0 Å². The van der Waals surface area contributed by atoms with E-state index in [4.69, 9.17) is 5.73 Å². The van der Waals surface area contributed by atoms with Gasteiger partial charge in [-0.25, -0.2) is 0 Å². The van der Waals surface area contributed by atoms with E-state index in [2.05, 4.69) is 10.4 Å². The molecular weight excluding hydrogens is 204 g/mol. The smallest absolute Gasteiger partial charge is 0.246 e. The minimum Gasteiger partial charge on any atom is -0.397 e. The number of benzene rings is 1. The van der Waals surface area contributed by atoms with Gasteiger partial charge >= 0.3 is 0 Å². The Kier molecular flexibility index (Phi) is 2.86. The van der Waals surface area contributed by atoms with Crippen molar-refractivity contribution in [2.24, 2.45) is 0 Å². The number of para-hydroxylation sites is 2. The molecule has 5 heteroatoms. The molecule has 0 bridgehead atoms. The number of aromatic nitrogens is 2. The number of carbonyl (C=O) groups excluding carboxylic acids is 1. The van der Waals surface area contributed by atoms with Crippen LogP contribution in [0.2, 0.25) is 0 Å². The number of hydrogen-bond acceptors (Lipinski definition) is 3. The molecule has 1 heterocycles. The Bertz CT molecular complexity index is 478. The molecule has 82 valence electrons. The fourth-order valence-electron chi connectivity index (χ4n) is 1.34. The molecule has 16 heavy (non-hydrogen) atoms. The molecular formula is C11H12N4O. The zero-order valence-corrected chi connectivity index (χ0v) is 8.63. The maximum atomic E-state index is 11.6. The predicted octanol–water partition coefficient (Wildman–Crippen LogP) is 1.10. The summed E-state index contributed by atoms with van der Waals surface area (Å²) < 4.78 is 1.55. The van der Waals surface area contributed by atoms with Crippen molar-refractivity contribution in [3.05, 3.63) is 42.7 Å². The summed E-state index contributed by atoms with van der Waals surface area (Å²) in [4.78, 5) is 11.6. The van der Waals surface area contributed by atoms with Crippen LogP contribution in [0.15, 0.2) is 42.7 Å². The van der Waals surface area contributed by atoms with Crippen LogP contribution in [0.1, 0.15) is 0 Å². The molecule has 0 atom stereocenters. The molecule has 0 radical (unpaired) electrons. The van der Waals surface area contributed by atoms with Gasteiger partial charge in [0.25, 0.3) is 0 Å². The molecule has 0 aliphatic rings. The highest BCUT2D eigenvalue weighted by atomic mass is 16.2. The van der Waals surface area contributed by atoms with E-state index < -0.39 is 0 Å². The van der Waals surface area contributed by atoms with Crippen molar-refractivity contribution in [1.29, 1.82) is 0 Å². The Hall–Kier alpha value is -2.30. The highest BCUT2D eigenvalue weighted by molar-refractivity contribution is 5.93. The number of nitrogens with one attached hydrogen (secondary N) is 1. The molecule has 0 spiro atoms. The minimum absolute atomic E-state index is 0.151. The monoisotopic (exact) mass is 216 g/mol. The van der Waals surface area contributed by atoms with Crippen LogP contribution in [0.4, 0.5) is 11.4 Å². The normalized spacial score (nSPS) is 10.0. The van der Waals surface area contributed by atoms with Gasteiger partial charge in [0.15, 0.2) is 0 Å². The second-order valence-corrected chi connectivity index (χ2v) is 3.34. The summed E-state index contributed by atoms with van der Waals surface area (Å²) in [6.45, 7) is 0.182. The zero-order chi connectivity index (χ0) is 11.4. The highest BCUT2D eigenvalue weighted by Gasteiger charge is 2.05. The van der Waals surface area contributed by atoms with E-state index in [0.29, 0.717) is 11.4 Å². The second kappa shape index (κ2) is 4.48. The van der Waals surface area contributed by atoms with Crippen molar-refractivity contribution >= 4 is 17.3 Å². The first-order valence-corrected chi connectivity index (χ1v) is 4.87. The Balaban J connectivity index is 2.00. The third kappa shape index (κ3) is 2.38. The number of hydrogen-bond donors (Lipinski definition) is 2. The molecule has 2 rings (SSSR count). The molecule has 1 aromatic heterocycles. The number of amides is 1. The number of nitrogens with two attached hydrogens (primary N) is 1. The Morgan fingerprint density at radius 3 is 2.88 bits per heavy atom.